The van der Waals surface area contributed by atoms with E-state index in [0.717, 1.165) is 18.2 Å². The minimum Gasteiger partial charge on any atom is -0.391 e. The van der Waals surface area contributed by atoms with Crippen molar-refractivity contribution in [2.24, 2.45) is 0 Å². The van der Waals surface area contributed by atoms with Gasteiger partial charge in [-0.1, -0.05) is 5.16 Å². The number of aliphatic hydroxyl groups excluding tert-OH is 1. The fourth-order valence-electron chi connectivity index (χ4n) is 2.62. The minimum atomic E-state index is -0.829. The molecule has 3 rings (SSSR count). The number of aryl methyl sites for hydroxylation is 1. The van der Waals surface area contributed by atoms with E-state index in [-0.39, 0.29) is 30.2 Å². The van der Waals surface area contributed by atoms with E-state index < -0.39 is 29.7 Å². The normalized spacial score (nSPS) is 21.4. The van der Waals surface area contributed by atoms with E-state index in [1.54, 1.807) is 0 Å². The third kappa shape index (κ3) is 2.57. The summed E-state index contributed by atoms with van der Waals surface area (Å²) < 4.78 is 32.1. The molecule has 1 aliphatic rings. The van der Waals surface area contributed by atoms with Gasteiger partial charge in [0.1, 0.15) is 11.6 Å². The summed E-state index contributed by atoms with van der Waals surface area (Å²) in [7, 11) is 0. The Kier molecular flexibility index (Phi) is 3.61. The number of nitrogens with zero attached hydrogens (tertiary/aromatic N) is 3. The predicted octanol–water partition coefficient (Wildman–Crippen LogP) is 1.60. The van der Waals surface area contributed by atoms with Crippen LogP contribution >= 0.6 is 0 Å². The molecule has 1 fully saturated rings. The Labute approximate surface area is 124 Å². The van der Waals surface area contributed by atoms with E-state index in [4.69, 9.17) is 4.52 Å². The molecular weight excluding hydrogens is 296 g/mol. The van der Waals surface area contributed by atoms with Crippen LogP contribution in [0.2, 0.25) is 0 Å². The van der Waals surface area contributed by atoms with Crippen molar-refractivity contribution >= 4 is 5.91 Å². The quantitative estimate of drug-likeness (QED) is 0.911. The maximum atomic E-state index is 14.0. The summed E-state index contributed by atoms with van der Waals surface area (Å²) in [5, 5.41) is 13.3. The molecule has 116 valence electrons. The topological polar surface area (TPSA) is 79.5 Å². The van der Waals surface area contributed by atoms with Gasteiger partial charge in [-0.25, -0.2) is 8.78 Å². The smallest absolute Gasteiger partial charge is 0.295 e. The molecule has 2 heterocycles. The number of aromatic nitrogens is 2. The summed E-state index contributed by atoms with van der Waals surface area (Å²) >= 11 is 0. The van der Waals surface area contributed by atoms with Crippen LogP contribution in [0.1, 0.15) is 34.5 Å². The van der Waals surface area contributed by atoms with Crippen molar-refractivity contribution in [2.45, 2.75) is 25.5 Å². The molecule has 0 saturated carbocycles. The highest BCUT2D eigenvalue weighted by atomic mass is 19.1. The Morgan fingerprint density at radius 1 is 1.45 bits per heavy atom. The van der Waals surface area contributed by atoms with E-state index in [2.05, 4.69) is 10.1 Å². The van der Waals surface area contributed by atoms with Gasteiger partial charge in [0.25, 0.3) is 11.7 Å². The van der Waals surface area contributed by atoms with Gasteiger partial charge in [-0.05, 0) is 24.6 Å². The predicted molar refractivity (Wildman–Crippen MR) is 69.8 cm³/mol. The van der Waals surface area contributed by atoms with E-state index in [1.807, 2.05) is 0 Å². The second-order valence-corrected chi connectivity index (χ2v) is 5.17. The summed E-state index contributed by atoms with van der Waals surface area (Å²) in [6, 6.07) is 2.24. The first-order chi connectivity index (χ1) is 10.5. The molecule has 0 bridgehead atoms. The summed E-state index contributed by atoms with van der Waals surface area (Å²) in [6.07, 6.45) is -0.715. The lowest BCUT2D eigenvalue weighted by Crippen LogP contribution is -2.33. The highest BCUT2D eigenvalue weighted by Crippen LogP contribution is 2.34. The molecule has 0 spiro atoms. The number of hydrogen-bond acceptors (Lipinski definition) is 5. The molecule has 0 radical (unpaired) electrons. The number of carbonyl (C=O) groups excluding carboxylic acids is 1. The third-order valence-electron chi connectivity index (χ3n) is 3.58. The molecule has 0 aliphatic carbocycles. The zero-order valence-electron chi connectivity index (χ0n) is 11.7. The van der Waals surface area contributed by atoms with Crippen LogP contribution in [0.25, 0.3) is 0 Å². The van der Waals surface area contributed by atoms with Gasteiger partial charge >= 0.3 is 0 Å². The molecule has 2 unspecified atom stereocenters. The lowest BCUT2D eigenvalue weighted by Gasteiger charge is -2.23. The minimum absolute atomic E-state index is 0.00690. The van der Waals surface area contributed by atoms with Crippen molar-refractivity contribution in [3.63, 3.8) is 0 Å². The first kappa shape index (κ1) is 14.6. The lowest BCUT2D eigenvalue weighted by molar-refractivity contribution is 0.0698. The molecule has 1 saturated heterocycles. The van der Waals surface area contributed by atoms with E-state index in [1.165, 1.54) is 11.8 Å². The van der Waals surface area contributed by atoms with Crippen LogP contribution in [0.5, 0.6) is 0 Å². The first-order valence-electron chi connectivity index (χ1n) is 6.70. The lowest BCUT2D eigenvalue weighted by atomic mass is 10.0. The van der Waals surface area contributed by atoms with Crippen LogP contribution < -0.4 is 0 Å². The van der Waals surface area contributed by atoms with Crippen molar-refractivity contribution in [1.29, 1.82) is 0 Å². The zero-order chi connectivity index (χ0) is 15.9. The second-order valence-electron chi connectivity index (χ2n) is 5.17. The zero-order valence-corrected chi connectivity index (χ0v) is 11.7. The molecular formula is C14H13F2N3O3. The first-order valence-corrected chi connectivity index (χ1v) is 6.70. The maximum Gasteiger partial charge on any atom is 0.295 e. The molecule has 1 aromatic carbocycles. The summed E-state index contributed by atoms with van der Waals surface area (Å²) in [5.41, 5.74) is 0.0186. The number of benzene rings is 1. The Balaban J connectivity index is 1.95. The number of rotatable bonds is 2. The van der Waals surface area contributed by atoms with Gasteiger partial charge in [0.05, 0.1) is 12.1 Å². The van der Waals surface area contributed by atoms with Gasteiger partial charge in [0.2, 0.25) is 5.89 Å². The fourth-order valence-corrected chi connectivity index (χ4v) is 2.62. The van der Waals surface area contributed by atoms with E-state index in [9.17, 15) is 18.7 Å². The molecule has 8 heteroatoms. The molecule has 1 aromatic heterocycles. The van der Waals surface area contributed by atoms with Crippen LogP contribution in [0, 0.1) is 18.6 Å². The highest BCUT2D eigenvalue weighted by Gasteiger charge is 2.38. The molecule has 1 aliphatic heterocycles. The van der Waals surface area contributed by atoms with Crippen molar-refractivity contribution < 1.29 is 23.2 Å². The van der Waals surface area contributed by atoms with Gasteiger partial charge in [-0.2, -0.15) is 4.98 Å². The average molecular weight is 309 g/mol. The van der Waals surface area contributed by atoms with Gasteiger partial charge < -0.3 is 14.5 Å². The summed E-state index contributed by atoms with van der Waals surface area (Å²) in [5.74, 6) is -1.80. The number of amides is 1. The van der Waals surface area contributed by atoms with E-state index >= 15 is 0 Å². The number of halogens is 2. The van der Waals surface area contributed by atoms with Crippen molar-refractivity contribution in [1.82, 2.24) is 15.0 Å². The molecule has 2 aromatic rings. The molecule has 2 atom stereocenters. The standard InChI is InChI=1S/C14H13F2N3O3/c1-7-17-13(18-22-7)14(21)19-6-9(20)5-12(19)10-4-8(15)2-3-11(10)16/h2-4,9,12,20H,5-6H2,1H3. The molecule has 6 nitrogen and oxygen atoms in total. The van der Waals surface area contributed by atoms with Crippen LogP contribution in [0.4, 0.5) is 8.78 Å². The number of β-amino-alcohol motifs (C(OH)–C–C–N with tert-alkyl or cyclic N) is 1. The van der Waals surface area contributed by atoms with Crippen LogP contribution in [0.3, 0.4) is 0 Å². The largest absolute Gasteiger partial charge is 0.391 e. The van der Waals surface area contributed by atoms with Gasteiger partial charge in [0, 0.05) is 19.0 Å². The van der Waals surface area contributed by atoms with Crippen molar-refractivity contribution in [3.8, 4) is 0 Å². The number of carbonyl (C=O) groups is 1. The Hall–Kier alpha value is -2.35. The van der Waals surface area contributed by atoms with Gasteiger partial charge in [0.15, 0.2) is 0 Å². The molecule has 1 N–H and O–H groups in total. The number of likely N-dealkylation sites (tertiary alicyclic amines) is 1. The molecule has 1 amide bonds. The van der Waals surface area contributed by atoms with Crippen LogP contribution in [-0.4, -0.2) is 38.7 Å². The van der Waals surface area contributed by atoms with Crippen molar-refractivity contribution in [2.75, 3.05) is 6.54 Å². The highest BCUT2D eigenvalue weighted by molar-refractivity contribution is 5.90. The second kappa shape index (κ2) is 5.45. The SMILES string of the molecule is Cc1nc(C(=O)N2CC(O)CC2c2cc(F)ccc2F)no1. The van der Waals surface area contributed by atoms with E-state index in [0.29, 0.717) is 0 Å². The average Bonchev–Trinajstić information content (AvgIpc) is 3.07. The van der Waals surface area contributed by atoms with Crippen molar-refractivity contribution in [3.05, 3.63) is 47.1 Å². The Morgan fingerprint density at radius 3 is 2.91 bits per heavy atom. The Bertz CT molecular complexity index is 719. The monoisotopic (exact) mass is 309 g/mol. The summed E-state index contributed by atoms with van der Waals surface area (Å²) in [6.45, 7) is 1.53. The number of hydrogen-bond donors (Lipinski definition) is 1. The van der Waals surface area contributed by atoms with Gasteiger partial charge in [-0.3, -0.25) is 4.79 Å². The summed E-state index contributed by atoms with van der Waals surface area (Å²) in [4.78, 5) is 17.5. The number of aliphatic hydroxyl groups is 1. The Morgan fingerprint density at radius 2 is 2.23 bits per heavy atom. The third-order valence-corrected chi connectivity index (χ3v) is 3.58. The fraction of sp³-hybridized carbons (Fsp3) is 0.357. The van der Waals surface area contributed by atoms with Crippen LogP contribution in [0.15, 0.2) is 22.7 Å². The maximum absolute atomic E-state index is 14.0. The van der Waals surface area contributed by atoms with Crippen LogP contribution in [-0.2, 0) is 0 Å². The molecule has 22 heavy (non-hydrogen) atoms. The van der Waals surface area contributed by atoms with Gasteiger partial charge in [-0.15, -0.1) is 0 Å².